The molecule has 1 aromatic carbocycles. The average Bonchev–Trinajstić information content (AvgIpc) is 3.21. The molecule has 25 heavy (non-hydrogen) atoms. The van der Waals surface area contributed by atoms with Gasteiger partial charge in [0.25, 0.3) is 5.91 Å². The first-order chi connectivity index (χ1) is 11.9. The van der Waals surface area contributed by atoms with Crippen LogP contribution < -0.4 is 4.90 Å². The van der Waals surface area contributed by atoms with Crippen LogP contribution in [0.1, 0.15) is 21.1 Å². The number of aromatic nitrogens is 2. The first-order valence-corrected chi connectivity index (χ1v) is 8.67. The Kier molecular flexibility index (Phi) is 3.72. The van der Waals surface area contributed by atoms with Crippen molar-refractivity contribution >= 4 is 33.3 Å². The number of fused-ring (bicyclic) bond motifs is 2. The van der Waals surface area contributed by atoms with E-state index in [1.54, 1.807) is 16.2 Å². The molecule has 5 nitrogen and oxygen atoms in total. The van der Waals surface area contributed by atoms with Gasteiger partial charge in [-0.3, -0.25) is 4.79 Å². The number of carbonyl (C=O) groups excluding carboxylic acids is 1. The molecule has 0 saturated heterocycles. The normalized spacial score (nSPS) is 14.0. The summed E-state index contributed by atoms with van der Waals surface area (Å²) in [6.07, 6.45) is 0.675. The lowest BCUT2D eigenvalue weighted by Gasteiger charge is -2.25. The summed E-state index contributed by atoms with van der Waals surface area (Å²) in [5, 5.41) is 1.00. The third-order valence-electron chi connectivity index (χ3n) is 4.31. The van der Waals surface area contributed by atoms with Crippen molar-refractivity contribution in [1.82, 2.24) is 14.9 Å². The SMILES string of the molecule is CN(C)c1nc2c(s1)CN(C(=O)c1cc3c(F)ccc(F)c3[nH]1)CC2. The van der Waals surface area contributed by atoms with Gasteiger partial charge in [0.2, 0.25) is 0 Å². The summed E-state index contributed by atoms with van der Waals surface area (Å²) in [5.41, 5.74) is 1.24. The van der Waals surface area contributed by atoms with Gasteiger partial charge in [0, 0.05) is 37.3 Å². The average molecular weight is 362 g/mol. The van der Waals surface area contributed by atoms with Crippen molar-refractivity contribution in [2.24, 2.45) is 0 Å². The minimum Gasteiger partial charge on any atom is -0.354 e. The largest absolute Gasteiger partial charge is 0.354 e. The molecule has 1 amide bonds. The van der Waals surface area contributed by atoms with Crippen LogP contribution in [0.25, 0.3) is 10.9 Å². The highest BCUT2D eigenvalue weighted by molar-refractivity contribution is 7.15. The fraction of sp³-hybridized carbons (Fsp3) is 0.294. The highest BCUT2D eigenvalue weighted by Crippen LogP contribution is 2.30. The van der Waals surface area contributed by atoms with Crippen LogP contribution in [-0.4, -0.2) is 41.4 Å². The second-order valence-electron chi connectivity index (χ2n) is 6.24. The molecule has 0 unspecified atom stereocenters. The molecular weight excluding hydrogens is 346 g/mol. The summed E-state index contributed by atoms with van der Waals surface area (Å²) in [6.45, 7) is 0.989. The Morgan fingerprint density at radius 1 is 1.32 bits per heavy atom. The molecule has 0 spiro atoms. The Bertz CT molecular complexity index is 940. The number of thiazole rings is 1. The number of hydrogen-bond acceptors (Lipinski definition) is 4. The van der Waals surface area contributed by atoms with Gasteiger partial charge < -0.3 is 14.8 Å². The maximum absolute atomic E-state index is 13.8. The summed E-state index contributed by atoms with van der Waals surface area (Å²) >= 11 is 1.56. The standard InChI is InChI=1S/C17H16F2N4OS/c1-22(2)17-21-12-5-6-23(8-14(12)25-17)16(24)13-7-9-10(18)3-4-11(19)15(9)20-13/h3-4,7,20H,5-6,8H2,1-2H3. The second kappa shape index (κ2) is 5.80. The van der Waals surface area contributed by atoms with E-state index in [1.807, 2.05) is 19.0 Å². The number of hydrogen-bond donors (Lipinski definition) is 1. The summed E-state index contributed by atoms with van der Waals surface area (Å²) in [7, 11) is 3.86. The summed E-state index contributed by atoms with van der Waals surface area (Å²) in [6, 6.07) is 3.49. The van der Waals surface area contributed by atoms with Gasteiger partial charge in [-0.05, 0) is 18.2 Å². The van der Waals surface area contributed by atoms with E-state index >= 15 is 0 Å². The van der Waals surface area contributed by atoms with E-state index in [-0.39, 0.29) is 22.5 Å². The molecule has 130 valence electrons. The molecule has 0 atom stereocenters. The highest BCUT2D eigenvalue weighted by atomic mass is 32.1. The predicted molar refractivity (Wildman–Crippen MR) is 93.1 cm³/mol. The third kappa shape index (κ3) is 2.66. The van der Waals surface area contributed by atoms with Crippen LogP contribution in [-0.2, 0) is 13.0 Å². The van der Waals surface area contributed by atoms with Gasteiger partial charge in [-0.15, -0.1) is 0 Å². The van der Waals surface area contributed by atoms with Crippen LogP contribution in [0.4, 0.5) is 13.9 Å². The first kappa shape index (κ1) is 16.0. The Balaban J connectivity index is 1.63. The van der Waals surface area contributed by atoms with Crippen LogP contribution >= 0.6 is 11.3 Å². The van der Waals surface area contributed by atoms with Crippen LogP contribution in [0.2, 0.25) is 0 Å². The van der Waals surface area contributed by atoms with Gasteiger partial charge in [0.05, 0.1) is 17.8 Å². The number of amides is 1. The Morgan fingerprint density at radius 3 is 2.80 bits per heavy atom. The maximum atomic E-state index is 13.8. The number of H-pyrrole nitrogens is 1. The zero-order valence-electron chi connectivity index (χ0n) is 13.8. The maximum Gasteiger partial charge on any atom is 0.270 e. The van der Waals surface area contributed by atoms with Crippen molar-refractivity contribution in [1.29, 1.82) is 0 Å². The van der Waals surface area contributed by atoms with Crippen molar-refractivity contribution in [2.75, 3.05) is 25.5 Å². The fourth-order valence-corrected chi connectivity index (χ4v) is 4.03. The minimum atomic E-state index is -0.575. The number of anilines is 1. The quantitative estimate of drug-likeness (QED) is 0.762. The van der Waals surface area contributed by atoms with E-state index in [0.717, 1.165) is 27.8 Å². The topological polar surface area (TPSA) is 52.2 Å². The van der Waals surface area contributed by atoms with Gasteiger partial charge >= 0.3 is 0 Å². The van der Waals surface area contributed by atoms with Gasteiger partial charge in [-0.1, -0.05) is 11.3 Å². The number of nitrogens with one attached hydrogen (secondary N) is 1. The molecule has 0 bridgehead atoms. The van der Waals surface area contributed by atoms with E-state index in [9.17, 15) is 13.6 Å². The minimum absolute atomic E-state index is 0.0220. The van der Waals surface area contributed by atoms with Crippen molar-refractivity contribution in [3.8, 4) is 0 Å². The Morgan fingerprint density at radius 2 is 2.08 bits per heavy atom. The second-order valence-corrected chi connectivity index (χ2v) is 7.30. The zero-order chi connectivity index (χ0) is 17.7. The monoisotopic (exact) mass is 362 g/mol. The van der Waals surface area contributed by atoms with Crippen LogP contribution in [0.15, 0.2) is 18.2 Å². The van der Waals surface area contributed by atoms with Crippen molar-refractivity contribution in [2.45, 2.75) is 13.0 Å². The zero-order valence-corrected chi connectivity index (χ0v) is 14.6. The first-order valence-electron chi connectivity index (χ1n) is 7.86. The number of aromatic amines is 1. The fourth-order valence-electron chi connectivity index (χ4n) is 2.98. The van der Waals surface area contributed by atoms with Gasteiger partial charge in [-0.2, -0.15) is 0 Å². The molecule has 0 radical (unpaired) electrons. The molecule has 8 heteroatoms. The van der Waals surface area contributed by atoms with Gasteiger partial charge in [-0.25, -0.2) is 13.8 Å². The number of benzene rings is 1. The van der Waals surface area contributed by atoms with E-state index in [0.29, 0.717) is 19.5 Å². The lowest BCUT2D eigenvalue weighted by atomic mass is 10.1. The van der Waals surface area contributed by atoms with Crippen molar-refractivity contribution in [3.05, 3.63) is 46.1 Å². The van der Waals surface area contributed by atoms with Crippen molar-refractivity contribution < 1.29 is 13.6 Å². The Hall–Kier alpha value is -2.48. The summed E-state index contributed by atoms with van der Waals surface area (Å²) < 4.78 is 27.7. The van der Waals surface area contributed by atoms with Crippen LogP contribution in [0, 0.1) is 11.6 Å². The summed E-state index contributed by atoms with van der Waals surface area (Å²) in [4.78, 5) is 24.7. The van der Waals surface area contributed by atoms with Crippen LogP contribution in [0.3, 0.4) is 0 Å². The summed E-state index contributed by atoms with van der Waals surface area (Å²) in [5.74, 6) is -1.39. The molecule has 0 aliphatic carbocycles. The highest BCUT2D eigenvalue weighted by Gasteiger charge is 2.26. The van der Waals surface area contributed by atoms with Gasteiger partial charge in [0.15, 0.2) is 5.13 Å². The molecule has 0 saturated carbocycles. The Labute approximate surface area is 146 Å². The van der Waals surface area contributed by atoms with Crippen LogP contribution in [0.5, 0.6) is 0 Å². The van der Waals surface area contributed by atoms with Crippen molar-refractivity contribution in [3.63, 3.8) is 0 Å². The molecule has 3 heterocycles. The number of carbonyl (C=O) groups is 1. The molecule has 3 aromatic rings. The lowest BCUT2D eigenvalue weighted by molar-refractivity contribution is 0.0731. The number of nitrogens with zero attached hydrogens (tertiary/aromatic N) is 3. The predicted octanol–water partition coefficient (Wildman–Crippen LogP) is 3.17. The lowest BCUT2D eigenvalue weighted by Crippen LogP contribution is -2.35. The molecule has 4 rings (SSSR count). The number of rotatable bonds is 2. The molecule has 0 fully saturated rings. The molecular formula is C17H16F2N4OS. The van der Waals surface area contributed by atoms with E-state index in [1.165, 1.54) is 6.07 Å². The third-order valence-corrected chi connectivity index (χ3v) is 5.56. The molecule has 1 aliphatic rings. The van der Waals surface area contributed by atoms with E-state index in [4.69, 9.17) is 0 Å². The van der Waals surface area contributed by atoms with Gasteiger partial charge in [0.1, 0.15) is 17.3 Å². The molecule has 2 aromatic heterocycles. The van der Waals surface area contributed by atoms with E-state index in [2.05, 4.69) is 9.97 Å². The van der Waals surface area contributed by atoms with E-state index < -0.39 is 11.6 Å². The smallest absolute Gasteiger partial charge is 0.270 e. The number of halogens is 2. The molecule has 1 N–H and O–H groups in total. The molecule has 1 aliphatic heterocycles.